The fourth-order valence-corrected chi connectivity index (χ4v) is 11.8. The summed E-state index contributed by atoms with van der Waals surface area (Å²) in [4.78, 5) is 5.44. The van der Waals surface area contributed by atoms with Gasteiger partial charge >= 0.3 is 5.82 Å². The van der Waals surface area contributed by atoms with Gasteiger partial charge in [0, 0.05) is 33.4 Å². The minimum Gasteiger partial charge on any atom is -0.280 e. The lowest BCUT2D eigenvalue weighted by Crippen LogP contribution is -2.38. The maximum Gasteiger partial charge on any atom is 0.301 e. The molecule has 0 fully saturated rings. The van der Waals surface area contributed by atoms with Gasteiger partial charge in [-0.1, -0.05) is 128 Å². The van der Waals surface area contributed by atoms with Crippen molar-refractivity contribution in [2.45, 2.75) is 31.2 Å². The van der Waals surface area contributed by atoms with Crippen LogP contribution < -0.4 is 4.57 Å². The number of hydrogen-bond acceptors (Lipinski definition) is 2. The highest BCUT2D eigenvalue weighted by molar-refractivity contribution is 7.26. The number of aromatic nitrogens is 2. The van der Waals surface area contributed by atoms with Crippen LogP contribution in [0.25, 0.3) is 87.4 Å². The third-order valence-electron chi connectivity index (χ3n) is 13.5. The Morgan fingerprint density at radius 2 is 1.37 bits per heavy atom. The van der Waals surface area contributed by atoms with Gasteiger partial charge in [0.1, 0.15) is 23.0 Å². The standard InChI is InChI=1S/C59H42F2N3S/c1-3-51-47-17-8-7-16-46(47)48-30-24-40-25-31-49-57-50(39-22-28-44(61)29-23-39)34-42(38-20-26-43(60)27-21-38)35-55(57)65-58(49)56(40)59-63(36(2)32-52(48)62-51)53-18-9-10-19-54(53)64(59)45-15-11-14-41(33-45)37-12-5-4-6-13-37/h3-23,25-29,31,33-35,48,52H,1-2,24,30,32H2/q+1. The van der Waals surface area contributed by atoms with Crippen LogP contribution in [0.5, 0.6) is 0 Å². The van der Waals surface area contributed by atoms with Gasteiger partial charge in [-0.3, -0.25) is 4.99 Å². The number of aliphatic imine (C=N–C) groups is 1. The van der Waals surface area contributed by atoms with Gasteiger partial charge in [0.05, 0.1) is 22.0 Å². The Hall–Kier alpha value is -7.54. The van der Waals surface area contributed by atoms with Gasteiger partial charge in [0.15, 0.2) is 11.0 Å². The van der Waals surface area contributed by atoms with E-state index in [0.29, 0.717) is 6.42 Å². The first-order valence-electron chi connectivity index (χ1n) is 22.2. The summed E-state index contributed by atoms with van der Waals surface area (Å²) in [5.41, 5.74) is 16.0. The number of hydrogen-bond donors (Lipinski definition) is 0. The van der Waals surface area contributed by atoms with Crippen LogP contribution in [0.4, 0.5) is 8.78 Å². The smallest absolute Gasteiger partial charge is 0.280 e. The lowest BCUT2D eigenvalue weighted by Gasteiger charge is -2.32. The summed E-state index contributed by atoms with van der Waals surface area (Å²) in [6, 6.07) is 59.2. The average Bonchev–Trinajstić information content (AvgIpc) is 3.90. The highest BCUT2D eigenvalue weighted by atomic mass is 32.1. The van der Waals surface area contributed by atoms with Crippen molar-refractivity contribution in [1.82, 2.24) is 4.57 Å². The van der Waals surface area contributed by atoms with Crippen LogP contribution in [-0.2, 0) is 6.42 Å². The molecule has 65 heavy (non-hydrogen) atoms. The predicted molar refractivity (Wildman–Crippen MR) is 266 cm³/mol. The van der Waals surface area contributed by atoms with Gasteiger partial charge < -0.3 is 0 Å². The maximum atomic E-state index is 14.5. The molecule has 10 aromatic rings. The summed E-state index contributed by atoms with van der Waals surface area (Å²) in [5, 5.41) is 2.23. The van der Waals surface area contributed by atoms with E-state index in [1.165, 1.54) is 35.4 Å². The SMILES string of the molecule is C=CC1=NC2CC(=C)[n+]3c(n(-c4cccc(-c5ccccc5)c4)c4ccccc43)-c3c(ccc4c3sc3cc(-c5ccc(F)cc5)cc(-c5ccc(F)cc5)c34)CCC2c2ccccc21. The molecule has 0 bridgehead atoms. The number of benzene rings is 8. The van der Waals surface area contributed by atoms with Gasteiger partial charge in [-0.25, -0.2) is 8.78 Å². The van der Waals surface area contributed by atoms with E-state index in [1.54, 1.807) is 11.3 Å². The van der Waals surface area contributed by atoms with Crippen molar-refractivity contribution in [1.29, 1.82) is 0 Å². The molecule has 0 amide bonds. The van der Waals surface area contributed by atoms with E-state index < -0.39 is 0 Å². The van der Waals surface area contributed by atoms with Crippen LogP contribution >= 0.6 is 11.3 Å². The minimum absolute atomic E-state index is 0.0352. The topological polar surface area (TPSA) is 21.2 Å². The summed E-state index contributed by atoms with van der Waals surface area (Å²) < 4.78 is 35.9. The predicted octanol–water partition coefficient (Wildman–Crippen LogP) is 15.2. The Morgan fingerprint density at radius 3 is 2.17 bits per heavy atom. The highest BCUT2D eigenvalue weighted by Crippen LogP contribution is 2.49. The van der Waals surface area contributed by atoms with E-state index in [2.05, 4.69) is 143 Å². The second-order valence-corrected chi connectivity index (χ2v) is 18.2. The molecule has 0 spiro atoms. The molecule has 312 valence electrons. The fourth-order valence-electron chi connectivity index (χ4n) is 10.5. The Bertz CT molecular complexity index is 3580. The number of allylic oxidation sites excluding steroid dienone is 1. The number of aryl methyl sites for hydroxylation is 1. The number of rotatable bonds is 5. The largest absolute Gasteiger partial charge is 0.301 e. The average molecular weight is 863 g/mol. The van der Waals surface area contributed by atoms with E-state index >= 15 is 0 Å². The zero-order valence-electron chi connectivity index (χ0n) is 35.5. The molecule has 4 heterocycles. The zero-order chi connectivity index (χ0) is 43.8. The zero-order valence-corrected chi connectivity index (χ0v) is 36.3. The molecule has 0 radical (unpaired) electrons. The molecule has 8 aromatic carbocycles. The quantitative estimate of drug-likeness (QED) is 0.154. The third-order valence-corrected chi connectivity index (χ3v) is 14.6. The lowest BCUT2D eigenvalue weighted by atomic mass is 9.78. The van der Waals surface area contributed by atoms with E-state index in [-0.39, 0.29) is 23.6 Å². The van der Waals surface area contributed by atoms with Gasteiger partial charge in [0.25, 0.3) is 0 Å². The first kappa shape index (κ1) is 39.1. The summed E-state index contributed by atoms with van der Waals surface area (Å²) in [6.45, 7) is 9.16. The summed E-state index contributed by atoms with van der Waals surface area (Å²) in [5.74, 6) is 0.639. The van der Waals surface area contributed by atoms with Gasteiger partial charge in [-0.05, 0) is 124 Å². The van der Waals surface area contributed by atoms with Crippen molar-refractivity contribution in [3.8, 4) is 50.5 Å². The first-order valence-corrected chi connectivity index (χ1v) is 23.0. The van der Waals surface area contributed by atoms with Gasteiger partial charge in [0.2, 0.25) is 0 Å². The summed E-state index contributed by atoms with van der Waals surface area (Å²) in [7, 11) is 0. The Labute approximate surface area is 380 Å². The second kappa shape index (κ2) is 15.6. The second-order valence-electron chi connectivity index (χ2n) is 17.2. The molecule has 0 N–H and O–H groups in total. The molecule has 0 saturated carbocycles. The van der Waals surface area contributed by atoms with Crippen LogP contribution in [0, 0.1) is 11.6 Å². The third kappa shape index (κ3) is 6.50. The Balaban J connectivity index is 1.19. The number of fused-ring (bicyclic) bond motifs is 12. The molecule has 0 aliphatic carbocycles. The summed E-state index contributed by atoms with van der Waals surface area (Å²) >= 11 is 1.78. The molecular weight excluding hydrogens is 821 g/mol. The van der Waals surface area contributed by atoms with E-state index in [4.69, 9.17) is 11.6 Å². The van der Waals surface area contributed by atoms with Crippen molar-refractivity contribution in [3.63, 3.8) is 0 Å². The van der Waals surface area contributed by atoms with Crippen LogP contribution in [0.1, 0.15) is 35.4 Å². The monoisotopic (exact) mass is 862 g/mol. The minimum atomic E-state index is -0.286. The van der Waals surface area contributed by atoms with Crippen molar-refractivity contribution >= 4 is 54.0 Å². The Morgan fingerprint density at radius 1 is 0.662 bits per heavy atom. The number of thiophene rings is 1. The number of imidazole rings is 1. The molecule has 2 aromatic heterocycles. The molecular formula is C59H42F2N3S+. The van der Waals surface area contributed by atoms with Crippen molar-refractivity contribution < 1.29 is 13.3 Å². The number of halogens is 2. The Kier molecular flexibility index (Phi) is 9.39. The summed E-state index contributed by atoms with van der Waals surface area (Å²) in [6.07, 6.45) is 4.26. The lowest BCUT2D eigenvalue weighted by molar-refractivity contribution is -0.542. The van der Waals surface area contributed by atoms with Gasteiger partial charge in [-0.15, -0.1) is 11.3 Å². The number of nitrogens with zero attached hydrogens (tertiary/aromatic N) is 3. The van der Waals surface area contributed by atoms with Crippen LogP contribution in [0.15, 0.2) is 200 Å². The molecule has 12 rings (SSSR count). The van der Waals surface area contributed by atoms with Crippen molar-refractivity contribution in [2.24, 2.45) is 4.99 Å². The normalized spacial score (nSPS) is 15.8. The van der Waals surface area contributed by atoms with Crippen LogP contribution in [-0.4, -0.2) is 16.3 Å². The highest BCUT2D eigenvalue weighted by Gasteiger charge is 2.38. The van der Waals surface area contributed by atoms with E-state index in [9.17, 15) is 8.78 Å². The fraction of sp³-hybridized carbons (Fsp3) is 0.0847. The van der Waals surface area contributed by atoms with Crippen LogP contribution in [0.3, 0.4) is 0 Å². The number of para-hydroxylation sites is 2. The van der Waals surface area contributed by atoms with Crippen LogP contribution in [0.2, 0.25) is 0 Å². The van der Waals surface area contributed by atoms with Crippen molar-refractivity contribution in [2.75, 3.05) is 0 Å². The van der Waals surface area contributed by atoms with Crippen molar-refractivity contribution in [3.05, 3.63) is 223 Å². The first-order chi connectivity index (χ1) is 31.9. The molecule has 3 nitrogen and oxygen atoms in total. The molecule has 2 unspecified atom stereocenters. The van der Waals surface area contributed by atoms with Gasteiger partial charge in [-0.2, -0.15) is 9.13 Å². The molecule has 2 aliphatic rings. The molecule has 2 atom stereocenters. The maximum absolute atomic E-state index is 14.5. The molecule has 6 heteroatoms. The van der Waals surface area contributed by atoms with E-state index in [0.717, 1.165) is 111 Å². The molecule has 0 saturated heterocycles. The molecule has 2 aliphatic heterocycles. The van der Waals surface area contributed by atoms with E-state index in [1.807, 2.05) is 30.3 Å².